The third kappa shape index (κ3) is 4.75. The summed E-state index contributed by atoms with van der Waals surface area (Å²) >= 11 is 0. The third-order valence-electron chi connectivity index (χ3n) is 8.79. The van der Waals surface area contributed by atoms with Crippen molar-refractivity contribution in [3.05, 3.63) is 161 Å². The monoisotopic (exact) mass is 579 g/mol. The summed E-state index contributed by atoms with van der Waals surface area (Å²) in [7, 11) is 0. The van der Waals surface area contributed by atoms with Crippen LogP contribution in [0.1, 0.15) is 52.3 Å². The predicted octanol–water partition coefficient (Wildman–Crippen LogP) is 7.60. The molecule has 2 aliphatic heterocycles. The number of aldehydes is 1. The van der Waals surface area contributed by atoms with Crippen LogP contribution >= 0.6 is 0 Å². The summed E-state index contributed by atoms with van der Waals surface area (Å²) in [6.45, 7) is 0.954. The SMILES string of the molecule is O=CCC1(c2cc3c(cc2OCc2ccccc2)OCCC3)C(=O)N(C(c2ccccc2)c2ccccc2)c2ccccc21. The Labute approximate surface area is 257 Å². The Kier molecular flexibility index (Phi) is 7.45. The van der Waals surface area contributed by atoms with Crippen molar-refractivity contribution in [1.29, 1.82) is 0 Å². The summed E-state index contributed by atoms with van der Waals surface area (Å²) in [6.07, 6.45) is 2.57. The van der Waals surface area contributed by atoms with E-state index in [1.807, 2.05) is 102 Å². The fourth-order valence-corrected chi connectivity index (χ4v) is 6.75. The molecule has 44 heavy (non-hydrogen) atoms. The number of para-hydroxylation sites is 1. The minimum atomic E-state index is -1.28. The minimum Gasteiger partial charge on any atom is -0.493 e. The Bertz CT molecular complexity index is 1750. The molecule has 5 aromatic rings. The van der Waals surface area contributed by atoms with Gasteiger partial charge in [0.05, 0.1) is 12.6 Å². The van der Waals surface area contributed by atoms with E-state index in [1.54, 1.807) is 0 Å². The molecule has 0 spiro atoms. The molecule has 5 aromatic carbocycles. The number of anilines is 1. The zero-order chi connectivity index (χ0) is 29.9. The van der Waals surface area contributed by atoms with Crippen molar-refractivity contribution in [2.24, 2.45) is 0 Å². The quantitative estimate of drug-likeness (QED) is 0.169. The standard InChI is InChI=1S/C39H33NO4/c41-23-22-39(33-25-31-19-12-24-43-35(31)26-36(33)44-27-28-13-4-1-5-14-28)32-20-10-11-21-34(32)40(38(39)42)37(29-15-6-2-7-16-29)30-17-8-3-9-18-30/h1-11,13-18,20-21,23,25-26,37H,12,19,22,24,27H2. The van der Waals surface area contributed by atoms with Crippen molar-refractivity contribution < 1.29 is 19.1 Å². The molecule has 218 valence electrons. The third-order valence-corrected chi connectivity index (χ3v) is 8.79. The number of hydrogen-bond donors (Lipinski definition) is 0. The Balaban J connectivity index is 1.44. The smallest absolute Gasteiger partial charge is 0.243 e. The van der Waals surface area contributed by atoms with Crippen molar-refractivity contribution in [2.45, 2.75) is 37.3 Å². The van der Waals surface area contributed by atoms with Crippen LogP contribution in [-0.4, -0.2) is 18.8 Å². The van der Waals surface area contributed by atoms with E-state index in [0.717, 1.165) is 58.4 Å². The molecule has 7 rings (SSSR count). The Morgan fingerprint density at radius 3 is 2.11 bits per heavy atom. The lowest BCUT2D eigenvalue weighted by Gasteiger charge is -2.34. The molecule has 2 heterocycles. The van der Waals surface area contributed by atoms with Gasteiger partial charge in [-0.25, -0.2) is 0 Å². The summed E-state index contributed by atoms with van der Waals surface area (Å²) in [4.78, 5) is 29.9. The van der Waals surface area contributed by atoms with Gasteiger partial charge in [-0.3, -0.25) is 9.69 Å². The highest BCUT2D eigenvalue weighted by atomic mass is 16.5. The molecule has 0 saturated carbocycles. The molecule has 0 aromatic heterocycles. The summed E-state index contributed by atoms with van der Waals surface area (Å²) < 4.78 is 12.6. The van der Waals surface area contributed by atoms with Crippen LogP contribution in [0.15, 0.2) is 127 Å². The molecule has 0 bridgehead atoms. The van der Waals surface area contributed by atoms with Crippen molar-refractivity contribution in [3.8, 4) is 11.5 Å². The van der Waals surface area contributed by atoms with Gasteiger partial charge in [0, 0.05) is 23.7 Å². The number of carbonyl (C=O) groups is 2. The Morgan fingerprint density at radius 1 is 0.795 bits per heavy atom. The number of hydrogen-bond acceptors (Lipinski definition) is 4. The van der Waals surface area contributed by atoms with Gasteiger partial charge in [0.2, 0.25) is 5.91 Å². The van der Waals surface area contributed by atoms with Gasteiger partial charge < -0.3 is 14.3 Å². The van der Waals surface area contributed by atoms with E-state index in [1.165, 1.54) is 0 Å². The average molecular weight is 580 g/mol. The van der Waals surface area contributed by atoms with Crippen LogP contribution in [0, 0.1) is 0 Å². The van der Waals surface area contributed by atoms with Gasteiger partial charge in [0.25, 0.3) is 0 Å². The topological polar surface area (TPSA) is 55.8 Å². The van der Waals surface area contributed by atoms with Gasteiger partial charge in [0.1, 0.15) is 29.8 Å². The largest absolute Gasteiger partial charge is 0.493 e. The lowest BCUT2D eigenvalue weighted by atomic mass is 9.72. The predicted molar refractivity (Wildman–Crippen MR) is 171 cm³/mol. The highest BCUT2D eigenvalue weighted by Crippen LogP contribution is 2.54. The van der Waals surface area contributed by atoms with E-state index >= 15 is 4.79 Å². The second-order valence-electron chi connectivity index (χ2n) is 11.4. The molecule has 5 heteroatoms. The molecule has 2 aliphatic rings. The molecule has 0 fully saturated rings. The normalized spacial score (nSPS) is 17.1. The molecule has 1 amide bonds. The molecule has 1 unspecified atom stereocenters. The number of benzene rings is 5. The molecule has 0 N–H and O–H groups in total. The maximum absolute atomic E-state index is 15.3. The van der Waals surface area contributed by atoms with Gasteiger partial charge >= 0.3 is 0 Å². The lowest BCUT2D eigenvalue weighted by molar-refractivity contribution is -0.124. The van der Waals surface area contributed by atoms with Crippen molar-refractivity contribution in [1.82, 2.24) is 0 Å². The number of carbonyl (C=O) groups excluding carboxylic acids is 2. The van der Waals surface area contributed by atoms with E-state index in [9.17, 15) is 4.79 Å². The van der Waals surface area contributed by atoms with Crippen LogP contribution in [-0.2, 0) is 28.0 Å². The highest BCUT2D eigenvalue weighted by molar-refractivity contribution is 6.12. The maximum Gasteiger partial charge on any atom is 0.243 e. The van der Waals surface area contributed by atoms with Crippen LogP contribution in [0.2, 0.25) is 0 Å². The first-order chi connectivity index (χ1) is 21.7. The zero-order valence-electron chi connectivity index (χ0n) is 24.4. The summed E-state index contributed by atoms with van der Waals surface area (Å²) in [6, 6.07) is 41.6. The molecule has 0 aliphatic carbocycles. The molecule has 0 radical (unpaired) electrons. The fourth-order valence-electron chi connectivity index (χ4n) is 6.75. The first-order valence-corrected chi connectivity index (χ1v) is 15.1. The number of aryl methyl sites for hydroxylation is 1. The first kappa shape index (κ1) is 27.7. The van der Waals surface area contributed by atoms with Gasteiger partial charge in [-0.05, 0) is 52.8 Å². The summed E-state index contributed by atoms with van der Waals surface area (Å²) in [5, 5.41) is 0. The van der Waals surface area contributed by atoms with Gasteiger partial charge in [-0.2, -0.15) is 0 Å². The summed E-state index contributed by atoms with van der Waals surface area (Å²) in [5.41, 5.74) is 5.02. The van der Waals surface area contributed by atoms with Gasteiger partial charge in [-0.15, -0.1) is 0 Å². The molecule has 5 nitrogen and oxygen atoms in total. The van der Waals surface area contributed by atoms with Crippen LogP contribution < -0.4 is 14.4 Å². The van der Waals surface area contributed by atoms with Crippen molar-refractivity contribution in [3.63, 3.8) is 0 Å². The maximum atomic E-state index is 15.3. The van der Waals surface area contributed by atoms with Crippen LogP contribution in [0.5, 0.6) is 11.5 Å². The second kappa shape index (κ2) is 11.8. The summed E-state index contributed by atoms with van der Waals surface area (Å²) in [5.74, 6) is 1.17. The highest BCUT2D eigenvalue weighted by Gasteiger charge is 2.55. The first-order valence-electron chi connectivity index (χ1n) is 15.1. The Morgan fingerprint density at radius 2 is 1.43 bits per heavy atom. The number of rotatable bonds is 9. The van der Waals surface area contributed by atoms with Crippen molar-refractivity contribution in [2.75, 3.05) is 11.5 Å². The van der Waals surface area contributed by atoms with Crippen molar-refractivity contribution >= 4 is 17.9 Å². The molecule has 0 saturated heterocycles. The number of ether oxygens (including phenoxy) is 2. The molecule has 1 atom stereocenters. The lowest BCUT2D eigenvalue weighted by Crippen LogP contribution is -2.44. The van der Waals surface area contributed by atoms with E-state index in [2.05, 4.69) is 30.3 Å². The molecular formula is C39H33NO4. The average Bonchev–Trinajstić information content (AvgIpc) is 3.33. The number of nitrogens with zero attached hydrogens (tertiary/aromatic N) is 1. The second-order valence-corrected chi connectivity index (χ2v) is 11.4. The minimum absolute atomic E-state index is 0.0169. The molecular weight excluding hydrogens is 546 g/mol. The van der Waals surface area contributed by atoms with E-state index < -0.39 is 11.5 Å². The van der Waals surface area contributed by atoms with Gasteiger partial charge in [0.15, 0.2) is 0 Å². The van der Waals surface area contributed by atoms with Gasteiger partial charge in [-0.1, -0.05) is 109 Å². The fraction of sp³-hybridized carbons (Fsp3) is 0.179. The Hall–Kier alpha value is -5.16. The van der Waals surface area contributed by atoms with E-state index in [4.69, 9.17) is 9.47 Å². The van der Waals surface area contributed by atoms with E-state index in [-0.39, 0.29) is 12.3 Å². The zero-order valence-corrected chi connectivity index (χ0v) is 24.4. The number of fused-ring (bicyclic) bond motifs is 2. The van der Waals surface area contributed by atoms with Crippen LogP contribution in [0.4, 0.5) is 5.69 Å². The van der Waals surface area contributed by atoms with E-state index in [0.29, 0.717) is 24.5 Å². The van der Waals surface area contributed by atoms with Crippen LogP contribution in [0.25, 0.3) is 0 Å². The number of amides is 1. The van der Waals surface area contributed by atoms with Crippen LogP contribution in [0.3, 0.4) is 0 Å².